The van der Waals surface area contributed by atoms with Crippen LogP contribution in [0.3, 0.4) is 0 Å². The molecule has 4 rings (SSSR count). The average Bonchev–Trinajstić information content (AvgIpc) is 1.60. The minimum absolute atomic E-state index is 0.0269. The Morgan fingerprint density at radius 1 is 0.511 bits per heavy atom. The monoisotopic (exact) mass is 1300 g/mol. The number of amides is 12. The molecule has 1 aromatic rings. The van der Waals surface area contributed by atoms with E-state index >= 15 is 0 Å². The first kappa shape index (κ1) is 75.6. The summed E-state index contributed by atoms with van der Waals surface area (Å²) in [6, 6.07) is -7.03. The molecule has 32 nitrogen and oxygen atoms in total. The second-order valence-electron chi connectivity index (χ2n) is 24.1. The van der Waals surface area contributed by atoms with Gasteiger partial charge in [-0.15, -0.1) is 0 Å². The Morgan fingerprint density at radius 2 is 1.03 bits per heavy atom. The van der Waals surface area contributed by atoms with Crippen molar-refractivity contribution in [1.82, 2.24) is 63.0 Å². The lowest BCUT2D eigenvalue weighted by Gasteiger charge is -2.33. The number of aliphatic carboxylic acids is 3. The van der Waals surface area contributed by atoms with Crippen molar-refractivity contribution >= 4 is 88.8 Å². The van der Waals surface area contributed by atoms with Crippen molar-refractivity contribution in [1.29, 1.82) is 0 Å². The zero-order chi connectivity index (χ0) is 68.5. The fourth-order valence-corrected chi connectivity index (χ4v) is 10.9. The van der Waals surface area contributed by atoms with Crippen LogP contribution in [0.5, 0.6) is 0 Å². The Labute approximate surface area is 533 Å². The Morgan fingerprint density at radius 3 is 1.58 bits per heavy atom. The number of benzene rings is 1. The molecule has 3 heterocycles. The normalized spacial score (nSPS) is 19.1. The lowest BCUT2D eigenvalue weighted by atomic mass is 9.99. The maximum atomic E-state index is 14.7. The molecule has 510 valence electrons. The number of hydrogen-bond acceptors (Lipinski definition) is 17. The Balaban J connectivity index is 1.50. The summed E-state index contributed by atoms with van der Waals surface area (Å²) in [4.78, 5) is 202. The molecule has 0 bridgehead atoms. The number of hydrogen-bond donors (Lipinski definition) is 15. The van der Waals surface area contributed by atoms with Crippen molar-refractivity contribution in [2.45, 2.75) is 210 Å². The average molecular weight is 1300 g/mol. The van der Waals surface area contributed by atoms with Crippen LogP contribution in [-0.4, -0.2) is 213 Å². The molecule has 0 unspecified atom stereocenters. The van der Waals surface area contributed by atoms with Gasteiger partial charge in [0.2, 0.25) is 70.9 Å². The maximum absolute atomic E-state index is 14.7. The van der Waals surface area contributed by atoms with Gasteiger partial charge in [-0.2, -0.15) is 0 Å². The third kappa shape index (κ3) is 23.5. The number of rotatable bonds is 37. The van der Waals surface area contributed by atoms with Crippen LogP contribution in [-0.2, 0) is 78.3 Å². The molecule has 3 aliphatic rings. The summed E-state index contributed by atoms with van der Waals surface area (Å²) in [6.45, 7) is 10.2. The summed E-state index contributed by atoms with van der Waals surface area (Å²) in [6.07, 6.45) is -0.116. The molecule has 12 atom stereocenters. The summed E-state index contributed by atoms with van der Waals surface area (Å²) >= 11 is 0. The third-order valence-electron chi connectivity index (χ3n) is 16.1. The van der Waals surface area contributed by atoms with E-state index in [1.165, 1.54) is 23.6 Å². The predicted molar refractivity (Wildman–Crippen MR) is 327 cm³/mol. The van der Waals surface area contributed by atoms with E-state index in [4.69, 9.17) is 11.5 Å². The van der Waals surface area contributed by atoms with Crippen LogP contribution in [0.25, 0.3) is 0 Å². The summed E-state index contributed by atoms with van der Waals surface area (Å²) in [7, 11) is 0. The fraction of sp³-hybridized carbons (Fsp3) is 0.650. The van der Waals surface area contributed by atoms with Crippen LogP contribution in [0, 0.1) is 11.8 Å². The molecule has 0 aliphatic carbocycles. The predicted octanol–water partition coefficient (Wildman–Crippen LogP) is -3.50. The number of nitrogens with one attached hydrogen (secondary N) is 10. The van der Waals surface area contributed by atoms with Crippen molar-refractivity contribution in [3.05, 3.63) is 35.9 Å². The molecule has 3 aliphatic heterocycles. The highest BCUT2D eigenvalue weighted by atomic mass is 16.4. The highest BCUT2D eigenvalue weighted by Crippen LogP contribution is 2.24. The molecule has 0 spiro atoms. The lowest BCUT2D eigenvalue weighted by Crippen LogP contribution is -2.61. The summed E-state index contributed by atoms with van der Waals surface area (Å²) in [5, 5.41) is 54.3. The number of primary amides is 1. The second-order valence-corrected chi connectivity index (χ2v) is 24.1. The number of carboxylic acid groups (broad SMARTS) is 3. The Hall–Kier alpha value is -8.81. The van der Waals surface area contributed by atoms with Gasteiger partial charge >= 0.3 is 17.9 Å². The molecule has 0 saturated carbocycles. The Kier molecular flexibility index (Phi) is 30.3. The van der Waals surface area contributed by atoms with Crippen molar-refractivity contribution in [2.24, 2.45) is 23.3 Å². The zero-order valence-electron chi connectivity index (χ0n) is 52.9. The summed E-state index contributed by atoms with van der Waals surface area (Å²) in [5.74, 6) is -15.4. The van der Waals surface area contributed by atoms with Crippen molar-refractivity contribution in [3.8, 4) is 0 Å². The molecular weight excluding hydrogens is 1200 g/mol. The van der Waals surface area contributed by atoms with Gasteiger partial charge in [0, 0.05) is 32.4 Å². The van der Waals surface area contributed by atoms with Gasteiger partial charge in [-0.1, -0.05) is 58.0 Å². The van der Waals surface area contributed by atoms with E-state index in [0.717, 1.165) is 6.42 Å². The van der Waals surface area contributed by atoms with E-state index in [9.17, 15) is 87.2 Å². The smallest absolute Gasteiger partial charge is 0.326 e. The molecule has 0 radical (unpaired) electrons. The fourth-order valence-electron chi connectivity index (χ4n) is 10.9. The third-order valence-corrected chi connectivity index (χ3v) is 16.1. The molecule has 0 aromatic heterocycles. The molecular formula is C60H92N14O18. The number of carbonyl (C=O) groups is 15. The van der Waals surface area contributed by atoms with E-state index in [0.29, 0.717) is 37.8 Å². The number of likely N-dealkylation sites (tertiary alicyclic amines) is 2. The molecule has 3 saturated heterocycles. The van der Waals surface area contributed by atoms with Gasteiger partial charge in [0.25, 0.3) is 0 Å². The Bertz CT molecular complexity index is 2820. The van der Waals surface area contributed by atoms with Gasteiger partial charge in [0.15, 0.2) is 0 Å². The molecule has 12 amide bonds. The van der Waals surface area contributed by atoms with Crippen LogP contribution >= 0.6 is 0 Å². The van der Waals surface area contributed by atoms with E-state index in [1.807, 2.05) is 5.32 Å². The molecule has 32 heteroatoms. The van der Waals surface area contributed by atoms with Gasteiger partial charge in [-0.25, -0.2) is 4.79 Å². The van der Waals surface area contributed by atoms with E-state index in [1.54, 1.807) is 58.0 Å². The van der Waals surface area contributed by atoms with Crippen LogP contribution in [0.15, 0.2) is 30.3 Å². The molecule has 92 heavy (non-hydrogen) atoms. The van der Waals surface area contributed by atoms with E-state index in [-0.39, 0.29) is 64.1 Å². The van der Waals surface area contributed by atoms with Gasteiger partial charge in [-0.05, 0) is 115 Å². The minimum Gasteiger partial charge on any atom is -0.481 e. The van der Waals surface area contributed by atoms with Crippen LogP contribution in [0.1, 0.15) is 137 Å². The zero-order valence-corrected chi connectivity index (χ0v) is 52.9. The molecule has 17 N–H and O–H groups in total. The topological polar surface area (TPSA) is 496 Å². The first-order chi connectivity index (χ1) is 43.4. The first-order valence-electron chi connectivity index (χ1n) is 31.2. The first-order valence-corrected chi connectivity index (χ1v) is 31.2. The number of unbranched alkanes of at least 4 members (excludes halogenated alkanes) is 1. The van der Waals surface area contributed by atoms with Gasteiger partial charge < -0.3 is 89.8 Å². The van der Waals surface area contributed by atoms with Crippen LogP contribution in [0.4, 0.5) is 0 Å². The number of carbonyl (C=O) groups excluding carboxylic acids is 12. The van der Waals surface area contributed by atoms with Gasteiger partial charge in [0.05, 0.1) is 12.5 Å². The van der Waals surface area contributed by atoms with E-state index in [2.05, 4.69) is 47.9 Å². The lowest BCUT2D eigenvalue weighted by molar-refractivity contribution is -0.147. The van der Waals surface area contributed by atoms with Gasteiger partial charge in [-0.3, -0.25) is 67.1 Å². The summed E-state index contributed by atoms with van der Waals surface area (Å²) in [5.41, 5.74) is 11.6. The molecule has 1 aromatic carbocycles. The number of carboxylic acids is 3. The van der Waals surface area contributed by atoms with Crippen molar-refractivity contribution < 1.29 is 87.2 Å². The maximum Gasteiger partial charge on any atom is 0.326 e. The van der Waals surface area contributed by atoms with Crippen LogP contribution in [0.2, 0.25) is 0 Å². The molecule has 3 fully saturated rings. The second kappa shape index (κ2) is 36.9. The standard InChI is InChI=1S/C60H92N14O18/c1-31(2)47(57(88)67-37(17-10-11-25-61)52(83)66-38(21-23-44(62)75)53(84)70-41(60(91)92)30-46(78)79)71-54(85)40(29-35-15-8-7-9-16-35)69-55(86)42-19-14-28-74(42)59(90)48(32(3)4)72-56(87)43-20-13-27-73(43)58(89)39(22-24-45(76)77)68-50(81)34(6)64-49(80)33(5)65-51(82)36-18-12-26-63-36/h7-9,15-16,31-34,36-43,47-48,63H,10-14,17-30,61H2,1-6H3,(H2,62,75)(H,64,80)(H,65,82)(H,66,83)(H,67,88)(H,68,81)(H,69,86)(H,70,84)(H,71,85)(H,72,87)(H,76,77)(H,78,79)(H,91,92)/t33-,34-,36-,37-,38-,39-,40-,41-,42-,43-,47-,48-/m0/s1. The van der Waals surface area contributed by atoms with Crippen LogP contribution < -0.4 is 64.6 Å². The summed E-state index contributed by atoms with van der Waals surface area (Å²) < 4.78 is 0. The highest BCUT2D eigenvalue weighted by Gasteiger charge is 2.44. The SMILES string of the molecule is CC(C)[C@H](NC(=O)[C@H](Cc1ccccc1)NC(=O)[C@@H]1CCCN1C(=O)[C@@H](NC(=O)[C@@H]1CCCN1C(=O)[C@H](CCC(=O)O)NC(=O)[C@H](C)NC(=O)[C@H](C)NC(=O)[C@@H]1CCCN1)C(C)C)C(=O)N[C@@H](CCCCN)C(=O)N[C@@H](CCC(N)=O)C(=O)N[C@@H](CC(=O)O)C(=O)O. The van der Waals surface area contributed by atoms with Crippen molar-refractivity contribution in [3.63, 3.8) is 0 Å². The van der Waals surface area contributed by atoms with E-state index < -0.39 is 193 Å². The quantitative estimate of drug-likeness (QED) is 0.0287. The minimum atomic E-state index is -1.92. The largest absolute Gasteiger partial charge is 0.481 e. The highest BCUT2D eigenvalue weighted by molar-refractivity contribution is 6.00. The van der Waals surface area contributed by atoms with Gasteiger partial charge in [0.1, 0.15) is 66.5 Å². The van der Waals surface area contributed by atoms with Crippen molar-refractivity contribution in [2.75, 3.05) is 26.2 Å². The number of nitrogens with zero attached hydrogens (tertiary/aromatic N) is 2. The number of nitrogens with two attached hydrogens (primary N) is 2.